The highest BCUT2D eigenvalue weighted by molar-refractivity contribution is 7.89. The van der Waals surface area contributed by atoms with E-state index in [1.165, 1.54) is 14.1 Å². The van der Waals surface area contributed by atoms with Crippen molar-refractivity contribution in [3.63, 3.8) is 0 Å². The number of piperidine rings is 2. The van der Waals surface area contributed by atoms with E-state index in [-0.39, 0.29) is 29.2 Å². The molecule has 0 radical (unpaired) electrons. The molecule has 0 saturated carbocycles. The zero-order chi connectivity index (χ0) is 28.5. The fourth-order valence-corrected chi connectivity index (χ4v) is 6.97. The van der Waals surface area contributed by atoms with Crippen molar-refractivity contribution in [2.45, 2.75) is 48.3 Å². The maximum atomic E-state index is 13.1. The Bertz CT molecular complexity index is 1380. The molecule has 3 unspecified atom stereocenters. The topological polar surface area (TPSA) is 138 Å². The zero-order valence-electron chi connectivity index (χ0n) is 22.7. The average molecular weight is 566 g/mol. The van der Waals surface area contributed by atoms with Crippen molar-refractivity contribution in [3.8, 4) is 6.07 Å². The van der Waals surface area contributed by atoms with Gasteiger partial charge in [0.25, 0.3) is 5.91 Å². The van der Waals surface area contributed by atoms with Crippen LogP contribution in [0.25, 0.3) is 0 Å². The smallest absolute Gasteiger partial charge is 0.253 e. The number of hydrogen-bond acceptors (Lipinski definition) is 8. The SMILES string of the molecule is CN(C)S(=O)(=O)c1ccc(NC2NN(C3(CC#N)CCN(C(=O)c4ccccc4)CC3)C3CCNC(=O)C23)cc1. The minimum Gasteiger partial charge on any atom is -0.368 e. The van der Waals surface area contributed by atoms with Crippen LogP contribution in [0.15, 0.2) is 59.5 Å². The number of anilines is 1. The lowest BCUT2D eigenvalue weighted by atomic mass is 9.81. The molecule has 3 aliphatic heterocycles. The molecule has 3 N–H and O–H groups in total. The third kappa shape index (κ3) is 5.17. The Balaban J connectivity index is 1.36. The number of carbonyl (C=O) groups is 2. The van der Waals surface area contributed by atoms with E-state index in [0.29, 0.717) is 43.7 Å². The Morgan fingerprint density at radius 3 is 2.42 bits per heavy atom. The molecule has 0 aromatic heterocycles. The predicted octanol–water partition coefficient (Wildman–Crippen LogP) is 1.59. The average Bonchev–Trinajstić information content (AvgIpc) is 3.34. The molecule has 2 aromatic carbocycles. The van der Waals surface area contributed by atoms with E-state index in [1.54, 1.807) is 24.3 Å². The van der Waals surface area contributed by atoms with E-state index >= 15 is 0 Å². The Kier molecular flexibility index (Phi) is 7.83. The molecule has 3 heterocycles. The van der Waals surface area contributed by atoms with Gasteiger partial charge >= 0.3 is 0 Å². The molecule has 12 heteroatoms. The van der Waals surface area contributed by atoms with Crippen LogP contribution in [-0.4, -0.2) is 85.9 Å². The first-order valence-corrected chi connectivity index (χ1v) is 14.9. The molecule has 0 bridgehead atoms. The second kappa shape index (κ2) is 11.2. The van der Waals surface area contributed by atoms with Gasteiger partial charge in [-0.05, 0) is 55.7 Å². The van der Waals surface area contributed by atoms with Crippen LogP contribution in [0.3, 0.4) is 0 Å². The maximum Gasteiger partial charge on any atom is 0.253 e. The summed E-state index contributed by atoms with van der Waals surface area (Å²) >= 11 is 0. The van der Waals surface area contributed by atoms with Gasteiger partial charge < -0.3 is 15.5 Å². The molecule has 5 rings (SSSR count). The lowest BCUT2D eigenvalue weighted by Gasteiger charge is -2.49. The van der Waals surface area contributed by atoms with E-state index in [2.05, 4.69) is 27.1 Å². The van der Waals surface area contributed by atoms with E-state index < -0.39 is 27.6 Å². The monoisotopic (exact) mass is 565 g/mol. The molecule has 3 fully saturated rings. The Labute approximate surface area is 235 Å². The van der Waals surface area contributed by atoms with Gasteiger partial charge in [0, 0.05) is 51.0 Å². The molecule has 212 valence electrons. The number of amides is 2. The molecule has 0 aliphatic carbocycles. The number of hydrazine groups is 1. The Hall–Kier alpha value is -3.50. The number of sulfonamides is 1. The summed E-state index contributed by atoms with van der Waals surface area (Å²) in [5, 5.41) is 18.3. The number of nitriles is 1. The summed E-state index contributed by atoms with van der Waals surface area (Å²) in [6.45, 7) is 1.57. The van der Waals surface area contributed by atoms with Gasteiger partial charge in [-0.1, -0.05) is 18.2 Å². The van der Waals surface area contributed by atoms with Crippen LogP contribution in [0.1, 0.15) is 36.0 Å². The van der Waals surface area contributed by atoms with Gasteiger partial charge in [0.2, 0.25) is 15.9 Å². The lowest BCUT2D eigenvalue weighted by Crippen LogP contribution is -2.62. The van der Waals surface area contributed by atoms with Gasteiger partial charge in [0.15, 0.2) is 0 Å². The van der Waals surface area contributed by atoms with E-state index in [1.807, 2.05) is 35.2 Å². The molecular weight excluding hydrogens is 530 g/mol. The number of benzene rings is 2. The van der Waals surface area contributed by atoms with Gasteiger partial charge in [0.1, 0.15) is 6.17 Å². The third-order valence-corrected chi connectivity index (χ3v) is 10.1. The zero-order valence-corrected chi connectivity index (χ0v) is 23.5. The summed E-state index contributed by atoms with van der Waals surface area (Å²) in [7, 11) is -0.585. The van der Waals surface area contributed by atoms with Crippen LogP contribution < -0.4 is 16.1 Å². The predicted molar refractivity (Wildman–Crippen MR) is 149 cm³/mol. The summed E-state index contributed by atoms with van der Waals surface area (Å²) in [5.74, 6) is -0.507. The van der Waals surface area contributed by atoms with Crippen LogP contribution in [0.5, 0.6) is 0 Å². The summed E-state index contributed by atoms with van der Waals surface area (Å²) < 4.78 is 26.1. The molecular formula is C28H35N7O4S. The minimum atomic E-state index is -3.56. The number of nitrogens with one attached hydrogen (secondary N) is 3. The number of likely N-dealkylation sites (tertiary alicyclic amines) is 1. The first kappa shape index (κ1) is 28.0. The normalized spacial score (nSPS) is 24.7. The maximum absolute atomic E-state index is 13.1. The van der Waals surface area contributed by atoms with Crippen LogP contribution in [0.2, 0.25) is 0 Å². The highest BCUT2D eigenvalue weighted by atomic mass is 32.2. The Morgan fingerprint density at radius 1 is 1.12 bits per heavy atom. The molecule has 11 nitrogen and oxygen atoms in total. The van der Waals surface area contributed by atoms with Crippen molar-refractivity contribution in [1.82, 2.24) is 25.0 Å². The van der Waals surface area contributed by atoms with E-state index in [4.69, 9.17) is 0 Å². The molecule has 3 atom stereocenters. The molecule has 2 aromatic rings. The fraction of sp³-hybridized carbons (Fsp3) is 0.464. The van der Waals surface area contributed by atoms with Crippen LogP contribution in [-0.2, 0) is 14.8 Å². The first-order chi connectivity index (χ1) is 19.2. The number of fused-ring (bicyclic) bond motifs is 1. The number of nitrogens with zero attached hydrogens (tertiary/aromatic N) is 4. The quantitative estimate of drug-likeness (QED) is 0.460. The molecule has 0 spiro atoms. The third-order valence-electron chi connectivity index (χ3n) is 8.30. The number of carbonyl (C=O) groups excluding carboxylic acids is 2. The summed E-state index contributed by atoms with van der Waals surface area (Å²) in [6.07, 6.45) is 1.73. The van der Waals surface area contributed by atoms with Gasteiger partial charge in [-0.2, -0.15) is 5.26 Å². The number of hydrogen-bond donors (Lipinski definition) is 3. The van der Waals surface area contributed by atoms with E-state index in [9.17, 15) is 23.3 Å². The van der Waals surface area contributed by atoms with E-state index in [0.717, 1.165) is 10.7 Å². The number of rotatable bonds is 7. The molecule has 3 aliphatic rings. The summed E-state index contributed by atoms with van der Waals surface area (Å²) in [5.41, 5.74) is 4.31. The van der Waals surface area contributed by atoms with Crippen LogP contribution >= 0.6 is 0 Å². The van der Waals surface area contributed by atoms with Gasteiger partial charge in [-0.25, -0.2) is 23.2 Å². The molecule has 3 saturated heterocycles. The molecule has 2 amide bonds. The van der Waals surface area contributed by atoms with Crippen LogP contribution in [0, 0.1) is 17.2 Å². The van der Waals surface area contributed by atoms with Crippen molar-refractivity contribution in [2.24, 2.45) is 5.92 Å². The lowest BCUT2D eigenvalue weighted by molar-refractivity contribution is -0.128. The fourth-order valence-electron chi connectivity index (χ4n) is 6.07. The standard InChI is InChI=1S/C28H35N7O4S/c1-33(2)40(38,39)22-10-8-21(9-11-22)31-25-24-23(12-17-30-26(24)36)35(32-25)28(13-16-29)14-18-34(19-15-28)27(37)20-6-4-3-5-7-20/h3-11,23-25,31-32H,12-15,17-19H2,1-2H3,(H,30,36). The van der Waals surface area contributed by atoms with Crippen LogP contribution in [0.4, 0.5) is 5.69 Å². The van der Waals surface area contributed by atoms with Gasteiger partial charge in [-0.3, -0.25) is 9.59 Å². The second-order valence-corrected chi connectivity index (χ2v) is 13.0. The van der Waals surface area contributed by atoms with Crippen molar-refractivity contribution in [1.29, 1.82) is 5.26 Å². The first-order valence-electron chi connectivity index (χ1n) is 13.5. The molecule has 40 heavy (non-hydrogen) atoms. The minimum absolute atomic E-state index is 0.0188. The van der Waals surface area contributed by atoms with Gasteiger partial charge in [0.05, 0.1) is 28.8 Å². The highest BCUT2D eigenvalue weighted by Gasteiger charge is 2.55. The largest absolute Gasteiger partial charge is 0.368 e. The van der Waals surface area contributed by atoms with Crippen molar-refractivity contribution < 1.29 is 18.0 Å². The van der Waals surface area contributed by atoms with Crippen molar-refractivity contribution in [2.75, 3.05) is 39.0 Å². The van der Waals surface area contributed by atoms with Crippen molar-refractivity contribution in [3.05, 3.63) is 60.2 Å². The Morgan fingerprint density at radius 2 is 1.80 bits per heavy atom. The second-order valence-electron chi connectivity index (χ2n) is 10.8. The van der Waals surface area contributed by atoms with Gasteiger partial charge in [-0.15, -0.1) is 0 Å². The highest BCUT2D eigenvalue weighted by Crippen LogP contribution is 2.40. The summed E-state index contributed by atoms with van der Waals surface area (Å²) in [6, 6.07) is 17.9. The summed E-state index contributed by atoms with van der Waals surface area (Å²) in [4.78, 5) is 28.2. The van der Waals surface area contributed by atoms with Crippen molar-refractivity contribution >= 4 is 27.5 Å².